The molecule has 2 atom stereocenters. The molecule has 3 nitrogen and oxygen atoms in total. The van der Waals surface area contributed by atoms with Crippen molar-refractivity contribution in [1.29, 1.82) is 0 Å². The van der Waals surface area contributed by atoms with Crippen LogP contribution in [0.25, 0.3) is 0 Å². The monoisotopic (exact) mass is 142 g/mol. The van der Waals surface area contributed by atoms with Gasteiger partial charge in [0.25, 0.3) is 0 Å². The van der Waals surface area contributed by atoms with Gasteiger partial charge >= 0.3 is 5.97 Å². The van der Waals surface area contributed by atoms with Gasteiger partial charge in [-0.25, -0.2) is 0 Å². The summed E-state index contributed by atoms with van der Waals surface area (Å²) >= 11 is 0. The van der Waals surface area contributed by atoms with E-state index in [-0.39, 0.29) is 5.92 Å². The van der Waals surface area contributed by atoms with Gasteiger partial charge in [0.15, 0.2) is 0 Å². The highest BCUT2D eigenvalue weighted by Crippen LogP contribution is 2.29. The SMILES string of the molecule is O=C[C@H]1CCC[C@@H]1C(=O)O. The van der Waals surface area contributed by atoms with Crippen LogP contribution in [0.1, 0.15) is 19.3 Å². The third-order valence-corrected chi connectivity index (χ3v) is 2.06. The van der Waals surface area contributed by atoms with E-state index in [1.807, 2.05) is 0 Å². The molecule has 10 heavy (non-hydrogen) atoms. The van der Waals surface area contributed by atoms with Gasteiger partial charge in [0.2, 0.25) is 0 Å². The summed E-state index contributed by atoms with van der Waals surface area (Å²) in [4.78, 5) is 20.7. The molecule has 0 radical (unpaired) electrons. The molecule has 1 fully saturated rings. The van der Waals surface area contributed by atoms with Crippen molar-refractivity contribution in [3.8, 4) is 0 Å². The molecule has 0 amide bonds. The van der Waals surface area contributed by atoms with Crippen molar-refractivity contribution in [2.75, 3.05) is 0 Å². The summed E-state index contributed by atoms with van der Waals surface area (Å²) in [5, 5.41) is 8.56. The lowest BCUT2D eigenvalue weighted by atomic mass is 9.98. The zero-order chi connectivity index (χ0) is 7.56. The highest BCUT2D eigenvalue weighted by atomic mass is 16.4. The lowest BCUT2D eigenvalue weighted by Crippen LogP contribution is -2.18. The lowest BCUT2D eigenvalue weighted by Gasteiger charge is -2.06. The Hall–Kier alpha value is -0.860. The predicted molar refractivity (Wildman–Crippen MR) is 34.5 cm³/mol. The van der Waals surface area contributed by atoms with Gasteiger partial charge in [0.1, 0.15) is 6.29 Å². The van der Waals surface area contributed by atoms with Gasteiger partial charge < -0.3 is 9.90 Å². The number of aliphatic carboxylic acids is 1. The summed E-state index contributed by atoms with van der Waals surface area (Å²) in [5.41, 5.74) is 0. The van der Waals surface area contributed by atoms with Crippen LogP contribution in [-0.2, 0) is 9.59 Å². The fourth-order valence-electron chi connectivity index (χ4n) is 1.46. The number of rotatable bonds is 2. The Kier molecular flexibility index (Phi) is 2.04. The molecule has 1 N–H and O–H groups in total. The first-order valence-corrected chi connectivity index (χ1v) is 3.44. The van der Waals surface area contributed by atoms with Crippen LogP contribution < -0.4 is 0 Å². The van der Waals surface area contributed by atoms with Crippen LogP contribution in [0.4, 0.5) is 0 Å². The fraction of sp³-hybridized carbons (Fsp3) is 0.714. The highest BCUT2D eigenvalue weighted by molar-refractivity contribution is 5.75. The summed E-state index contributed by atoms with van der Waals surface area (Å²) in [6, 6.07) is 0. The van der Waals surface area contributed by atoms with Crippen LogP contribution >= 0.6 is 0 Å². The van der Waals surface area contributed by atoms with E-state index < -0.39 is 11.9 Å². The molecule has 0 bridgehead atoms. The van der Waals surface area contributed by atoms with E-state index >= 15 is 0 Å². The van der Waals surface area contributed by atoms with Gasteiger partial charge in [-0.1, -0.05) is 6.42 Å². The van der Waals surface area contributed by atoms with E-state index in [2.05, 4.69) is 0 Å². The van der Waals surface area contributed by atoms with Crippen molar-refractivity contribution >= 4 is 12.3 Å². The van der Waals surface area contributed by atoms with E-state index in [0.29, 0.717) is 6.42 Å². The largest absolute Gasteiger partial charge is 0.481 e. The smallest absolute Gasteiger partial charge is 0.307 e. The molecule has 0 aromatic rings. The molecular weight excluding hydrogens is 132 g/mol. The average Bonchev–Trinajstić information content (AvgIpc) is 2.33. The highest BCUT2D eigenvalue weighted by Gasteiger charge is 2.32. The Morgan fingerprint density at radius 1 is 1.50 bits per heavy atom. The van der Waals surface area contributed by atoms with Gasteiger partial charge in [0, 0.05) is 5.92 Å². The lowest BCUT2D eigenvalue weighted by molar-refractivity contribution is -0.144. The molecule has 3 heteroatoms. The summed E-state index contributed by atoms with van der Waals surface area (Å²) in [6.45, 7) is 0. The Morgan fingerprint density at radius 2 is 2.20 bits per heavy atom. The van der Waals surface area contributed by atoms with Crippen molar-refractivity contribution in [3.05, 3.63) is 0 Å². The molecule has 1 aliphatic carbocycles. The maximum Gasteiger partial charge on any atom is 0.307 e. The number of aldehydes is 1. The zero-order valence-electron chi connectivity index (χ0n) is 5.62. The summed E-state index contributed by atoms with van der Waals surface area (Å²) < 4.78 is 0. The van der Waals surface area contributed by atoms with Crippen LogP contribution in [0.5, 0.6) is 0 Å². The molecule has 0 aromatic heterocycles. The topological polar surface area (TPSA) is 54.4 Å². The number of carboxylic acids is 1. The fourth-order valence-corrected chi connectivity index (χ4v) is 1.46. The second kappa shape index (κ2) is 2.82. The third-order valence-electron chi connectivity index (χ3n) is 2.06. The number of hydrogen-bond donors (Lipinski definition) is 1. The second-order valence-corrected chi connectivity index (χ2v) is 2.68. The molecule has 0 heterocycles. The zero-order valence-corrected chi connectivity index (χ0v) is 5.62. The van der Waals surface area contributed by atoms with Gasteiger partial charge in [-0.3, -0.25) is 4.79 Å². The minimum absolute atomic E-state index is 0.225. The minimum atomic E-state index is -0.824. The van der Waals surface area contributed by atoms with Crippen molar-refractivity contribution in [2.45, 2.75) is 19.3 Å². The molecular formula is C7H10O3. The van der Waals surface area contributed by atoms with Gasteiger partial charge in [-0.15, -0.1) is 0 Å². The van der Waals surface area contributed by atoms with Crippen LogP contribution in [0.3, 0.4) is 0 Å². The summed E-state index contributed by atoms with van der Waals surface area (Å²) in [6.07, 6.45) is 3.06. The molecule has 0 aliphatic heterocycles. The van der Waals surface area contributed by atoms with E-state index in [4.69, 9.17) is 5.11 Å². The molecule has 1 saturated carbocycles. The number of carboxylic acid groups (broad SMARTS) is 1. The molecule has 56 valence electrons. The first-order valence-electron chi connectivity index (χ1n) is 3.44. The first-order chi connectivity index (χ1) is 4.75. The summed E-state index contributed by atoms with van der Waals surface area (Å²) in [5.74, 6) is -1.45. The first kappa shape index (κ1) is 7.25. The molecule has 0 spiro atoms. The average molecular weight is 142 g/mol. The maximum absolute atomic E-state index is 10.4. The van der Waals surface area contributed by atoms with E-state index in [1.165, 1.54) is 0 Å². The molecule has 1 aliphatic rings. The number of carbonyl (C=O) groups excluding carboxylic acids is 1. The second-order valence-electron chi connectivity index (χ2n) is 2.68. The maximum atomic E-state index is 10.4. The van der Waals surface area contributed by atoms with Crippen LogP contribution in [-0.4, -0.2) is 17.4 Å². The minimum Gasteiger partial charge on any atom is -0.481 e. The van der Waals surface area contributed by atoms with Crippen molar-refractivity contribution in [3.63, 3.8) is 0 Å². The summed E-state index contributed by atoms with van der Waals surface area (Å²) in [7, 11) is 0. The van der Waals surface area contributed by atoms with Crippen LogP contribution in [0.15, 0.2) is 0 Å². The standard InChI is InChI=1S/C7H10O3/c8-4-5-2-1-3-6(5)7(9)10/h4-6H,1-3H2,(H,9,10)/t5-,6+/m1/s1. The Balaban J connectivity index is 2.58. The van der Waals surface area contributed by atoms with Crippen LogP contribution in [0, 0.1) is 11.8 Å². The predicted octanol–water partition coefficient (Wildman–Crippen LogP) is 0.686. The van der Waals surface area contributed by atoms with E-state index in [0.717, 1.165) is 19.1 Å². The van der Waals surface area contributed by atoms with Crippen molar-refractivity contribution in [1.82, 2.24) is 0 Å². The van der Waals surface area contributed by atoms with Crippen LogP contribution in [0.2, 0.25) is 0 Å². The van der Waals surface area contributed by atoms with Crippen molar-refractivity contribution in [2.24, 2.45) is 11.8 Å². The van der Waals surface area contributed by atoms with E-state index in [1.54, 1.807) is 0 Å². The Labute approximate surface area is 59.0 Å². The number of hydrogen-bond acceptors (Lipinski definition) is 2. The quantitative estimate of drug-likeness (QED) is 0.577. The van der Waals surface area contributed by atoms with E-state index in [9.17, 15) is 9.59 Å². The van der Waals surface area contributed by atoms with Gasteiger partial charge in [-0.05, 0) is 12.8 Å². The van der Waals surface area contributed by atoms with Gasteiger partial charge in [0.05, 0.1) is 5.92 Å². The third kappa shape index (κ3) is 1.17. The molecule has 1 rings (SSSR count). The number of carbonyl (C=O) groups is 2. The van der Waals surface area contributed by atoms with Gasteiger partial charge in [-0.2, -0.15) is 0 Å². The Morgan fingerprint density at radius 3 is 2.60 bits per heavy atom. The normalized spacial score (nSPS) is 32.0. The van der Waals surface area contributed by atoms with Crippen molar-refractivity contribution < 1.29 is 14.7 Å². The molecule has 0 aromatic carbocycles. The molecule has 0 saturated heterocycles. The Bertz CT molecular complexity index is 153. The molecule has 0 unspecified atom stereocenters.